The molecule has 0 saturated heterocycles. The van der Waals surface area contributed by atoms with Crippen molar-refractivity contribution in [3.8, 4) is 28.6 Å². The summed E-state index contributed by atoms with van der Waals surface area (Å²) in [5.41, 5.74) is 4.32. The summed E-state index contributed by atoms with van der Waals surface area (Å²) in [6.07, 6.45) is 0. The molecule has 6 rings (SSSR count). The molecule has 9 heteroatoms. The number of carbonyl (C=O) groups is 1. The molecule has 1 unspecified atom stereocenters. The highest BCUT2D eigenvalue weighted by molar-refractivity contribution is 6.06. The molecule has 1 aliphatic rings. The highest BCUT2D eigenvalue weighted by Crippen LogP contribution is 2.38. The number of allylic oxidation sites excluding steroid dienone is 1. The number of carbonyl (C=O) groups excluding carboxylic acids is 1. The van der Waals surface area contributed by atoms with Gasteiger partial charge >= 0.3 is 0 Å². The van der Waals surface area contributed by atoms with Gasteiger partial charge in [0.05, 0.1) is 18.4 Å². The van der Waals surface area contributed by atoms with E-state index in [9.17, 15) is 9.90 Å². The zero-order valence-electron chi connectivity index (χ0n) is 23.1. The first-order valence-corrected chi connectivity index (χ1v) is 13.4. The number of amides is 1. The Morgan fingerprint density at radius 2 is 1.67 bits per heavy atom. The predicted molar refractivity (Wildman–Crippen MR) is 160 cm³/mol. The van der Waals surface area contributed by atoms with E-state index in [4.69, 9.17) is 19.6 Å². The van der Waals surface area contributed by atoms with Crippen molar-refractivity contribution in [3.63, 3.8) is 0 Å². The standard InChI is InChI=1S/C33H29N5O4/c1-21-29(32(40)35-27-10-6-7-11-28(27)41-2)30(23-14-18-26(19-15-23)42-20-22-8-4-3-5-9-22)38-33(34-21)36-31(37-38)24-12-16-25(39)17-13-24/h3-19,30,39H,20H2,1-2H3,(H,35,40)(H,34,36,37). The SMILES string of the molecule is COc1ccccc1NC(=O)C1=C(C)Nc2nc(-c3ccc(O)cc3)nn2C1c1ccc(OCc2ccccc2)cc1. The number of aromatic hydroxyl groups is 1. The van der Waals surface area contributed by atoms with Gasteiger partial charge in [-0.2, -0.15) is 4.98 Å². The van der Waals surface area contributed by atoms with Crippen LogP contribution >= 0.6 is 0 Å². The summed E-state index contributed by atoms with van der Waals surface area (Å²) in [6.45, 7) is 2.29. The second-order valence-electron chi connectivity index (χ2n) is 9.81. The molecule has 4 aromatic carbocycles. The highest BCUT2D eigenvalue weighted by atomic mass is 16.5. The van der Waals surface area contributed by atoms with Crippen molar-refractivity contribution in [3.05, 3.63) is 126 Å². The molecule has 2 heterocycles. The van der Waals surface area contributed by atoms with Crippen LogP contribution < -0.4 is 20.1 Å². The Bertz CT molecular complexity index is 1750. The quantitative estimate of drug-likeness (QED) is 0.209. The summed E-state index contributed by atoms with van der Waals surface area (Å²) in [5.74, 6) is 2.08. The summed E-state index contributed by atoms with van der Waals surface area (Å²) in [5, 5.41) is 20.8. The van der Waals surface area contributed by atoms with Gasteiger partial charge in [0.15, 0.2) is 5.82 Å². The summed E-state index contributed by atoms with van der Waals surface area (Å²) < 4.78 is 13.2. The molecule has 0 spiro atoms. The second-order valence-corrected chi connectivity index (χ2v) is 9.81. The van der Waals surface area contributed by atoms with Gasteiger partial charge in [-0.25, -0.2) is 4.68 Å². The van der Waals surface area contributed by atoms with Gasteiger partial charge in [0.25, 0.3) is 5.91 Å². The van der Waals surface area contributed by atoms with Gasteiger partial charge in [0.2, 0.25) is 5.95 Å². The molecule has 9 nitrogen and oxygen atoms in total. The number of methoxy groups -OCH3 is 1. The van der Waals surface area contributed by atoms with E-state index in [-0.39, 0.29) is 11.7 Å². The number of hydrogen-bond acceptors (Lipinski definition) is 7. The number of benzene rings is 4. The van der Waals surface area contributed by atoms with E-state index < -0.39 is 6.04 Å². The first-order chi connectivity index (χ1) is 20.5. The minimum absolute atomic E-state index is 0.154. The highest BCUT2D eigenvalue weighted by Gasteiger charge is 2.35. The molecule has 1 amide bonds. The zero-order valence-corrected chi connectivity index (χ0v) is 23.1. The second kappa shape index (κ2) is 11.5. The van der Waals surface area contributed by atoms with E-state index in [1.54, 1.807) is 48.2 Å². The Morgan fingerprint density at radius 3 is 2.40 bits per heavy atom. The fourth-order valence-electron chi connectivity index (χ4n) is 4.91. The first kappa shape index (κ1) is 26.6. The van der Waals surface area contributed by atoms with E-state index in [0.29, 0.717) is 46.8 Å². The van der Waals surface area contributed by atoms with Gasteiger partial charge in [0.1, 0.15) is 29.9 Å². The summed E-state index contributed by atoms with van der Waals surface area (Å²) >= 11 is 0. The minimum atomic E-state index is -0.586. The molecule has 5 aromatic rings. The normalized spacial score (nSPS) is 14.1. The number of rotatable bonds is 8. The molecule has 1 aromatic heterocycles. The summed E-state index contributed by atoms with van der Waals surface area (Å²) in [4.78, 5) is 18.6. The molecule has 0 saturated carbocycles. The Kier molecular flexibility index (Phi) is 7.30. The summed E-state index contributed by atoms with van der Waals surface area (Å²) in [6, 6.07) is 31.0. The fraction of sp³-hybridized carbons (Fsp3) is 0.121. The topological polar surface area (TPSA) is 111 Å². The van der Waals surface area contributed by atoms with Crippen molar-refractivity contribution in [2.75, 3.05) is 17.7 Å². The van der Waals surface area contributed by atoms with Crippen LogP contribution in [0.1, 0.15) is 24.1 Å². The zero-order chi connectivity index (χ0) is 29.1. The van der Waals surface area contributed by atoms with Crippen LogP contribution in [-0.4, -0.2) is 32.9 Å². The predicted octanol–water partition coefficient (Wildman–Crippen LogP) is 6.17. The van der Waals surface area contributed by atoms with E-state index >= 15 is 0 Å². The van der Waals surface area contributed by atoms with Gasteiger partial charge < -0.3 is 25.2 Å². The van der Waals surface area contributed by atoms with Crippen molar-refractivity contribution >= 4 is 17.5 Å². The fourth-order valence-corrected chi connectivity index (χ4v) is 4.91. The molecule has 210 valence electrons. The maximum atomic E-state index is 13.9. The lowest BCUT2D eigenvalue weighted by atomic mass is 9.95. The lowest BCUT2D eigenvalue weighted by molar-refractivity contribution is -0.113. The average Bonchev–Trinajstić information content (AvgIpc) is 3.44. The number of fused-ring (bicyclic) bond motifs is 1. The molecule has 42 heavy (non-hydrogen) atoms. The van der Waals surface area contributed by atoms with E-state index in [1.807, 2.05) is 73.7 Å². The van der Waals surface area contributed by atoms with Crippen LogP contribution in [0.15, 0.2) is 114 Å². The van der Waals surface area contributed by atoms with Crippen LogP contribution in [0.4, 0.5) is 11.6 Å². The van der Waals surface area contributed by atoms with Crippen LogP contribution in [0, 0.1) is 0 Å². The third kappa shape index (κ3) is 5.40. The third-order valence-corrected chi connectivity index (χ3v) is 7.02. The molecule has 1 aliphatic heterocycles. The number of ether oxygens (including phenoxy) is 2. The number of nitrogens with one attached hydrogen (secondary N) is 2. The number of para-hydroxylation sites is 2. The van der Waals surface area contributed by atoms with Gasteiger partial charge in [-0.15, -0.1) is 5.10 Å². The van der Waals surface area contributed by atoms with Crippen LogP contribution in [0.3, 0.4) is 0 Å². The Hall–Kier alpha value is -5.57. The smallest absolute Gasteiger partial charge is 0.255 e. The lowest BCUT2D eigenvalue weighted by Crippen LogP contribution is -2.31. The molecule has 0 bridgehead atoms. The Morgan fingerprint density at radius 1 is 0.952 bits per heavy atom. The number of anilines is 2. The van der Waals surface area contributed by atoms with Crippen molar-refractivity contribution in [2.45, 2.75) is 19.6 Å². The molecular weight excluding hydrogens is 530 g/mol. The summed E-state index contributed by atoms with van der Waals surface area (Å²) in [7, 11) is 1.56. The van der Waals surface area contributed by atoms with Crippen LogP contribution in [-0.2, 0) is 11.4 Å². The Labute approximate surface area is 243 Å². The molecule has 0 aliphatic carbocycles. The maximum Gasteiger partial charge on any atom is 0.255 e. The Balaban J connectivity index is 1.36. The molecule has 0 radical (unpaired) electrons. The first-order valence-electron chi connectivity index (χ1n) is 13.4. The van der Waals surface area contributed by atoms with Crippen molar-refractivity contribution < 1.29 is 19.4 Å². The molecular formula is C33H29N5O4. The van der Waals surface area contributed by atoms with Crippen molar-refractivity contribution in [2.24, 2.45) is 0 Å². The number of nitrogens with zero attached hydrogens (tertiary/aromatic N) is 3. The van der Waals surface area contributed by atoms with Gasteiger partial charge in [-0.05, 0) is 66.6 Å². The number of aromatic nitrogens is 3. The third-order valence-electron chi connectivity index (χ3n) is 7.02. The largest absolute Gasteiger partial charge is 0.508 e. The van der Waals surface area contributed by atoms with E-state index in [2.05, 4.69) is 10.6 Å². The lowest BCUT2D eigenvalue weighted by Gasteiger charge is -2.29. The van der Waals surface area contributed by atoms with Crippen LogP contribution in [0.5, 0.6) is 17.2 Å². The van der Waals surface area contributed by atoms with Crippen LogP contribution in [0.25, 0.3) is 11.4 Å². The van der Waals surface area contributed by atoms with Crippen LogP contribution in [0.2, 0.25) is 0 Å². The van der Waals surface area contributed by atoms with Gasteiger partial charge in [-0.1, -0.05) is 54.6 Å². The van der Waals surface area contributed by atoms with Gasteiger partial charge in [0, 0.05) is 11.3 Å². The molecule has 0 fully saturated rings. The van der Waals surface area contributed by atoms with Crippen molar-refractivity contribution in [1.82, 2.24) is 14.8 Å². The monoisotopic (exact) mass is 559 g/mol. The van der Waals surface area contributed by atoms with E-state index in [0.717, 1.165) is 16.7 Å². The minimum Gasteiger partial charge on any atom is -0.508 e. The average molecular weight is 560 g/mol. The number of hydrogen-bond donors (Lipinski definition) is 3. The van der Waals surface area contributed by atoms with Gasteiger partial charge in [-0.3, -0.25) is 4.79 Å². The van der Waals surface area contributed by atoms with Crippen molar-refractivity contribution in [1.29, 1.82) is 0 Å². The van der Waals surface area contributed by atoms with E-state index in [1.165, 1.54) is 0 Å². The number of phenols is 1. The molecule has 1 atom stereocenters. The maximum absolute atomic E-state index is 13.9. The number of phenolic OH excluding ortho intramolecular Hbond substituents is 1. The molecule has 3 N–H and O–H groups in total.